The van der Waals surface area contributed by atoms with Gasteiger partial charge in [0.25, 0.3) is 11.1 Å². The number of aryl methyl sites for hydroxylation is 1. The predicted octanol–water partition coefficient (Wildman–Crippen LogP) is 2.24. The van der Waals surface area contributed by atoms with Gasteiger partial charge in [-0.3, -0.25) is 14.7 Å². The molecule has 3 aromatic rings. The van der Waals surface area contributed by atoms with Crippen molar-refractivity contribution in [3.05, 3.63) is 97.4 Å². The zero-order valence-corrected chi connectivity index (χ0v) is 17.9. The van der Waals surface area contributed by atoms with Gasteiger partial charge in [0.05, 0.1) is 23.3 Å². The molecule has 1 aliphatic heterocycles. The molecule has 4 rings (SSSR count). The summed E-state index contributed by atoms with van der Waals surface area (Å²) in [6.45, 7) is 3.63. The lowest BCUT2D eigenvalue weighted by molar-refractivity contribution is -0.139. The fourth-order valence-corrected chi connectivity index (χ4v) is 3.77. The minimum Gasteiger partial charge on any atom is -0.462 e. The minimum absolute atomic E-state index is 0.0582. The lowest BCUT2D eigenvalue weighted by atomic mass is 9.83. The number of carbonyl (C=O) groups excluding carboxylic acids is 1. The fourth-order valence-electron chi connectivity index (χ4n) is 3.77. The molecular weight excluding hydrogens is 424 g/mol. The smallest absolute Gasteiger partial charge is 0.340 e. The normalized spacial score (nSPS) is 15.8. The van der Waals surface area contributed by atoms with Gasteiger partial charge in [-0.2, -0.15) is 9.94 Å². The molecule has 1 unspecified atom stereocenters. The Morgan fingerprint density at radius 2 is 1.85 bits per heavy atom. The van der Waals surface area contributed by atoms with Crippen molar-refractivity contribution < 1.29 is 14.3 Å². The van der Waals surface area contributed by atoms with Gasteiger partial charge < -0.3 is 15.2 Å². The van der Waals surface area contributed by atoms with E-state index in [0.29, 0.717) is 5.56 Å². The van der Waals surface area contributed by atoms with Crippen LogP contribution in [0.4, 0.5) is 0 Å². The molecule has 0 spiro atoms. The van der Waals surface area contributed by atoms with Crippen LogP contribution in [0, 0.1) is 18.3 Å². The molecule has 0 saturated heterocycles. The highest BCUT2D eigenvalue weighted by atomic mass is 16.5. The van der Waals surface area contributed by atoms with Gasteiger partial charge in [0.2, 0.25) is 11.8 Å². The number of nitriles is 1. The average molecular weight is 444 g/mol. The van der Waals surface area contributed by atoms with Gasteiger partial charge in [0, 0.05) is 0 Å². The third-order valence-corrected chi connectivity index (χ3v) is 5.33. The first-order valence-electron chi connectivity index (χ1n) is 10.2. The molecule has 0 saturated carbocycles. The highest BCUT2D eigenvalue weighted by molar-refractivity contribution is 5.93. The molecule has 0 fully saturated rings. The number of esters is 1. The van der Waals surface area contributed by atoms with Gasteiger partial charge in [-0.1, -0.05) is 42.0 Å². The molecule has 9 heteroatoms. The Morgan fingerprint density at radius 1 is 1.18 bits per heavy atom. The highest BCUT2D eigenvalue weighted by Crippen LogP contribution is 2.40. The number of nitrogens with one attached hydrogen (secondary N) is 1. The van der Waals surface area contributed by atoms with Crippen molar-refractivity contribution in [2.24, 2.45) is 5.73 Å². The minimum atomic E-state index is -0.972. The summed E-state index contributed by atoms with van der Waals surface area (Å²) in [5.74, 6) is -2.32. The Kier molecular flexibility index (Phi) is 5.58. The number of carbonyl (C=O) groups is 1. The van der Waals surface area contributed by atoms with Crippen molar-refractivity contribution in [3.8, 4) is 6.07 Å². The van der Waals surface area contributed by atoms with Gasteiger partial charge >= 0.3 is 5.97 Å². The molecule has 0 amide bonds. The molecule has 166 valence electrons. The van der Waals surface area contributed by atoms with Crippen LogP contribution in [-0.4, -0.2) is 22.4 Å². The maximum atomic E-state index is 13.2. The van der Waals surface area contributed by atoms with Crippen LogP contribution in [0.15, 0.2) is 75.1 Å². The van der Waals surface area contributed by atoms with Crippen molar-refractivity contribution in [1.82, 2.24) is 9.78 Å². The second kappa shape index (κ2) is 8.51. The highest BCUT2D eigenvalue weighted by Gasteiger charge is 2.39. The van der Waals surface area contributed by atoms with Crippen LogP contribution in [0.3, 0.4) is 0 Å². The maximum absolute atomic E-state index is 13.2. The molecule has 0 radical (unpaired) electrons. The van der Waals surface area contributed by atoms with Crippen LogP contribution in [0.2, 0.25) is 0 Å². The number of nitrogens with two attached hydrogens (primary N) is 1. The van der Waals surface area contributed by atoms with Crippen molar-refractivity contribution in [2.45, 2.75) is 19.8 Å². The summed E-state index contributed by atoms with van der Waals surface area (Å²) in [4.78, 5) is 38.6. The number of ether oxygens (including phenoxy) is 2. The monoisotopic (exact) mass is 444 g/mol. The Hall–Kier alpha value is -4.58. The van der Waals surface area contributed by atoms with Crippen LogP contribution >= 0.6 is 0 Å². The zero-order valence-electron chi connectivity index (χ0n) is 17.9. The lowest BCUT2D eigenvalue weighted by Crippen LogP contribution is -2.34. The molecule has 2 aromatic carbocycles. The summed E-state index contributed by atoms with van der Waals surface area (Å²) < 4.78 is 11.6. The number of aromatic nitrogens is 2. The second-order valence-corrected chi connectivity index (χ2v) is 7.40. The molecular formula is C24H20N4O5. The Bertz CT molecular complexity index is 1490. The van der Waals surface area contributed by atoms with E-state index >= 15 is 0 Å². The van der Waals surface area contributed by atoms with Gasteiger partial charge in [-0.15, -0.1) is 0 Å². The van der Waals surface area contributed by atoms with Gasteiger partial charge in [-0.25, -0.2) is 4.79 Å². The third kappa shape index (κ3) is 3.68. The SMILES string of the molecule is CCOC(=O)C1=C(N)OC(n2[nH]c(=O)c3ccccc3c2=O)=C(C#N)C1c1ccc(C)cc1. The summed E-state index contributed by atoms with van der Waals surface area (Å²) >= 11 is 0. The number of allylic oxidation sites excluding steroid dienone is 1. The zero-order chi connectivity index (χ0) is 23.7. The van der Waals surface area contributed by atoms with Crippen LogP contribution in [0.5, 0.6) is 0 Å². The van der Waals surface area contributed by atoms with Crippen molar-refractivity contribution >= 4 is 22.6 Å². The molecule has 1 aliphatic rings. The number of hydrogen-bond donors (Lipinski definition) is 2. The van der Waals surface area contributed by atoms with Crippen LogP contribution in [0.25, 0.3) is 16.7 Å². The molecule has 3 N–H and O–H groups in total. The first-order valence-corrected chi connectivity index (χ1v) is 10.2. The quantitative estimate of drug-likeness (QED) is 0.588. The molecule has 1 aromatic heterocycles. The Balaban J connectivity index is 2.02. The number of fused-ring (bicyclic) bond motifs is 1. The maximum Gasteiger partial charge on any atom is 0.340 e. The standard InChI is InChI=1S/C24H20N4O5/c1-3-32-24(31)19-18(14-10-8-13(2)9-11-14)17(12-25)23(33-20(19)26)28-22(30)16-7-5-4-6-15(16)21(29)27-28/h4-11,18H,3,26H2,1-2H3,(H,27,29). The summed E-state index contributed by atoms with van der Waals surface area (Å²) in [7, 11) is 0. The summed E-state index contributed by atoms with van der Waals surface area (Å²) in [5, 5.41) is 12.9. The number of H-pyrrole nitrogens is 1. The molecule has 2 heterocycles. The number of benzene rings is 2. The predicted molar refractivity (Wildman–Crippen MR) is 121 cm³/mol. The number of nitrogens with zero attached hydrogens (tertiary/aromatic N) is 2. The summed E-state index contributed by atoms with van der Waals surface area (Å²) in [5.41, 5.74) is 6.36. The first-order chi connectivity index (χ1) is 15.9. The third-order valence-electron chi connectivity index (χ3n) is 5.33. The van der Waals surface area contributed by atoms with E-state index in [1.165, 1.54) is 12.1 Å². The molecule has 0 aliphatic carbocycles. The number of rotatable bonds is 4. The second-order valence-electron chi connectivity index (χ2n) is 7.40. The van der Waals surface area contributed by atoms with Crippen LogP contribution in [-0.2, 0) is 14.3 Å². The van der Waals surface area contributed by atoms with E-state index in [9.17, 15) is 19.6 Å². The van der Waals surface area contributed by atoms with Crippen molar-refractivity contribution in [2.75, 3.05) is 6.61 Å². The van der Waals surface area contributed by atoms with Gasteiger partial charge in [-0.05, 0) is 31.5 Å². The Labute approximate surface area is 187 Å². The van der Waals surface area contributed by atoms with Crippen molar-refractivity contribution in [3.63, 3.8) is 0 Å². The van der Waals surface area contributed by atoms with E-state index in [2.05, 4.69) is 5.10 Å². The number of aromatic amines is 1. The van der Waals surface area contributed by atoms with E-state index in [-0.39, 0.29) is 40.3 Å². The molecule has 9 nitrogen and oxygen atoms in total. The molecule has 0 bridgehead atoms. The van der Waals surface area contributed by atoms with Crippen LogP contribution < -0.4 is 16.9 Å². The van der Waals surface area contributed by atoms with Crippen LogP contribution in [0.1, 0.15) is 24.0 Å². The van der Waals surface area contributed by atoms with Gasteiger partial charge in [0.15, 0.2) is 0 Å². The van der Waals surface area contributed by atoms with E-state index in [4.69, 9.17) is 15.2 Å². The van der Waals surface area contributed by atoms with E-state index in [1.54, 1.807) is 31.2 Å². The molecule has 33 heavy (non-hydrogen) atoms. The topological polar surface area (TPSA) is 140 Å². The summed E-state index contributed by atoms with van der Waals surface area (Å²) in [6, 6.07) is 15.5. The van der Waals surface area contributed by atoms with E-state index in [1.807, 2.05) is 25.1 Å². The van der Waals surface area contributed by atoms with Crippen molar-refractivity contribution in [1.29, 1.82) is 5.26 Å². The number of hydrogen-bond acceptors (Lipinski definition) is 7. The average Bonchev–Trinajstić information content (AvgIpc) is 2.81. The van der Waals surface area contributed by atoms with E-state index in [0.717, 1.165) is 10.2 Å². The Morgan fingerprint density at radius 3 is 2.48 bits per heavy atom. The lowest BCUT2D eigenvalue weighted by Gasteiger charge is -2.28. The largest absolute Gasteiger partial charge is 0.462 e. The van der Waals surface area contributed by atoms with E-state index < -0.39 is 23.0 Å². The molecule has 1 atom stereocenters. The fraction of sp³-hybridized carbons (Fsp3) is 0.167. The first kappa shape index (κ1) is 21.6. The van der Waals surface area contributed by atoms with Gasteiger partial charge in [0.1, 0.15) is 17.2 Å². The summed E-state index contributed by atoms with van der Waals surface area (Å²) in [6.07, 6.45) is 0.